The summed E-state index contributed by atoms with van der Waals surface area (Å²) < 4.78 is 5.26. The first kappa shape index (κ1) is 13.8. The van der Waals surface area contributed by atoms with Crippen LogP contribution >= 0.6 is 0 Å². The maximum absolute atomic E-state index is 12.2. The van der Waals surface area contributed by atoms with E-state index in [4.69, 9.17) is 10.5 Å². The molecule has 104 valence electrons. The SMILES string of the molecule is Nc1cccc(CCC(=O)N2CCOCC2CO)c1. The van der Waals surface area contributed by atoms with E-state index in [1.165, 1.54) is 0 Å². The quantitative estimate of drug-likeness (QED) is 0.773. The Hall–Kier alpha value is -1.59. The van der Waals surface area contributed by atoms with Crippen molar-refractivity contribution < 1.29 is 14.6 Å². The van der Waals surface area contributed by atoms with Crippen LogP contribution in [0.1, 0.15) is 12.0 Å². The third-order valence-electron chi connectivity index (χ3n) is 3.34. The first-order chi connectivity index (χ1) is 9.20. The van der Waals surface area contributed by atoms with Crippen LogP contribution < -0.4 is 5.73 Å². The van der Waals surface area contributed by atoms with Gasteiger partial charge in [-0.05, 0) is 24.1 Å². The van der Waals surface area contributed by atoms with E-state index in [-0.39, 0.29) is 18.6 Å². The van der Waals surface area contributed by atoms with E-state index in [0.717, 1.165) is 5.56 Å². The number of morpholine rings is 1. The second kappa shape index (κ2) is 6.54. The van der Waals surface area contributed by atoms with Crippen LogP contribution in [0.4, 0.5) is 5.69 Å². The molecule has 0 spiro atoms. The minimum Gasteiger partial charge on any atom is -0.399 e. The molecule has 5 nitrogen and oxygen atoms in total. The number of carbonyl (C=O) groups excluding carboxylic acids is 1. The van der Waals surface area contributed by atoms with Gasteiger partial charge in [-0.2, -0.15) is 0 Å². The molecule has 19 heavy (non-hydrogen) atoms. The average Bonchev–Trinajstić information content (AvgIpc) is 2.45. The fourth-order valence-corrected chi connectivity index (χ4v) is 2.28. The number of carbonyl (C=O) groups is 1. The van der Waals surface area contributed by atoms with E-state index < -0.39 is 0 Å². The van der Waals surface area contributed by atoms with Gasteiger partial charge in [0.05, 0.1) is 25.9 Å². The largest absolute Gasteiger partial charge is 0.399 e. The normalized spacial score (nSPS) is 19.4. The van der Waals surface area contributed by atoms with Crippen molar-refractivity contribution in [2.75, 3.05) is 32.1 Å². The predicted molar refractivity (Wildman–Crippen MR) is 72.6 cm³/mol. The second-order valence-electron chi connectivity index (χ2n) is 4.74. The summed E-state index contributed by atoms with van der Waals surface area (Å²) in [5.41, 5.74) is 7.48. The summed E-state index contributed by atoms with van der Waals surface area (Å²) in [5.74, 6) is 0.0600. The van der Waals surface area contributed by atoms with Crippen molar-refractivity contribution in [1.82, 2.24) is 4.90 Å². The van der Waals surface area contributed by atoms with E-state index in [0.29, 0.717) is 38.3 Å². The lowest BCUT2D eigenvalue weighted by Crippen LogP contribution is -2.50. The van der Waals surface area contributed by atoms with Crippen molar-refractivity contribution >= 4 is 11.6 Å². The molecule has 0 radical (unpaired) electrons. The zero-order valence-corrected chi connectivity index (χ0v) is 10.9. The van der Waals surface area contributed by atoms with Crippen LogP contribution in [0.2, 0.25) is 0 Å². The molecule has 5 heteroatoms. The van der Waals surface area contributed by atoms with Crippen molar-refractivity contribution in [1.29, 1.82) is 0 Å². The average molecular weight is 264 g/mol. The molecule has 1 heterocycles. The molecule has 1 aliphatic heterocycles. The van der Waals surface area contributed by atoms with Gasteiger partial charge < -0.3 is 20.5 Å². The lowest BCUT2D eigenvalue weighted by Gasteiger charge is -2.34. The maximum Gasteiger partial charge on any atom is 0.223 e. The fourth-order valence-electron chi connectivity index (χ4n) is 2.28. The number of rotatable bonds is 4. The molecule has 1 aromatic rings. The van der Waals surface area contributed by atoms with Gasteiger partial charge in [0, 0.05) is 18.7 Å². The van der Waals surface area contributed by atoms with Crippen molar-refractivity contribution in [3.8, 4) is 0 Å². The molecule has 1 fully saturated rings. The molecule has 0 aliphatic carbocycles. The van der Waals surface area contributed by atoms with E-state index in [2.05, 4.69) is 0 Å². The first-order valence-corrected chi connectivity index (χ1v) is 6.53. The van der Waals surface area contributed by atoms with Crippen LogP contribution in [0.25, 0.3) is 0 Å². The number of hydrogen-bond donors (Lipinski definition) is 2. The standard InChI is InChI=1S/C14H20N2O3/c15-12-3-1-2-11(8-12)4-5-14(18)16-6-7-19-10-13(16)9-17/h1-3,8,13,17H,4-7,9-10,15H2. The molecule has 0 saturated carbocycles. The lowest BCUT2D eigenvalue weighted by molar-refractivity contribution is -0.141. The number of benzene rings is 1. The molecule has 2 rings (SSSR count). The predicted octanol–water partition coefficient (Wildman–Crippen LogP) is 0.421. The Morgan fingerprint density at radius 3 is 3.11 bits per heavy atom. The number of nitrogens with two attached hydrogens (primary N) is 1. The van der Waals surface area contributed by atoms with Crippen LogP contribution in [-0.4, -0.2) is 48.3 Å². The third kappa shape index (κ3) is 3.68. The van der Waals surface area contributed by atoms with Crippen LogP contribution in [0, 0.1) is 0 Å². The Bertz CT molecular complexity index is 436. The highest BCUT2D eigenvalue weighted by molar-refractivity contribution is 5.77. The smallest absolute Gasteiger partial charge is 0.223 e. The molecule has 0 bridgehead atoms. The van der Waals surface area contributed by atoms with Gasteiger partial charge in [0.2, 0.25) is 5.91 Å². The summed E-state index contributed by atoms with van der Waals surface area (Å²) in [5, 5.41) is 9.24. The Morgan fingerprint density at radius 1 is 1.53 bits per heavy atom. The minimum absolute atomic E-state index is 0.0516. The molecule has 1 aliphatic rings. The minimum atomic E-state index is -0.206. The number of nitrogen functional groups attached to an aromatic ring is 1. The number of hydrogen-bond acceptors (Lipinski definition) is 4. The Labute approximate surface area is 113 Å². The highest BCUT2D eigenvalue weighted by Crippen LogP contribution is 2.12. The van der Waals surface area contributed by atoms with E-state index in [1.54, 1.807) is 4.90 Å². The molecule has 1 aromatic carbocycles. The fraction of sp³-hybridized carbons (Fsp3) is 0.500. The molecule has 1 atom stereocenters. The monoisotopic (exact) mass is 264 g/mol. The molecule has 1 unspecified atom stereocenters. The molecule has 1 saturated heterocycles. The summed E-state index contributed by atoms with van der Waals surface area (Å²) in [6, 6.07) is 7.36. The van der Waals surface area contributed by atoms with E-state index >= 15 is 0 Å². The summed E-state index contributed by atoms with van der Waals surface area (Å²) in [7, 11) is 0. The van der Waals surface area contributed by atoms with Gasteiger partial charge in [-0.25, -0.2) is 0 Å². The first-order valence-electron chi connectivity index (χ1n) is 6.53. The zero-order chi connectivity index (χ0) is 13.7. The van der Waals surface area contributed by atoms with Crippen LogP contribution in [-0.2, 0) is 16.0 Å². The molecule has 0 aromatic heterocycles. The van der Waals surface area contributed by atoms with Gasteiger partial charge in [0.25, 0.3) is 0 Å². The van der Waals surface area contributed by atoms with Gasteiger partial charge in [-0.15, -0.1) is 0 Å². The number of anilines is 1. The number of amides is 1. The Balaban J connectivity index is 1.89. The second-order valence-corrected chi connectivity index (χ2v) is 4.74. The number of aliphatic hydroxyl groups is 1. The van der Waals surface area contributed by atoms with Gasteiger partial charge in [0.1, 0.15) is 0 Å². The zero-order valence-electron chi connectivity index (χ0n) is 10.9. The summed E-state index contributed by atoms with van der Waals surface area (Å²) in [6.07, 6.45) is 1.10. The van der Waals surface area contributed by atoms with Crippen molar-refractivity contribution in [3.05, 3.63) is 29.8 Å². The van der Waals surface area contributed by atoms with Crippen molar-refractivity contribution in [3.63, 3.8) is 0 Å². The summed E-state index contributed by atoms with van der Waals surface area (Å²) in [4.78, 5) is 13.9. The van der Waals surface area contributed by atoms with Gasteiger partial charge >= 0.3 is 0 Å². The Kier molecular flexibility index (Phi) is 4.76. The van der Waals surface area contributed by atoms with Gasteiger partial charge in [-0.3, -0.25) is 4.79 Å². The van der Waals surface area contributed by atoms with Crippen LogP contribution in [0.15, 0.2) is 24.3 Å². The summed E-state index contributed by atoms with van der Waals surface area (Å²) in [6.45, 7) is 1.46. The summed E-state index contributed by atoms with van der Waals surface area (Å²) >= 11 is 0. The lowest BCUT2D eigenvalue weighted by atomic mass is 10.1. The van der Waals surface area contributed by atoms with Gasteiger partial charge in [-0.1, -0.05) is 12.1 Å². The number of aliphatic hydroxyl groups excluding tert-OH is 1. The molecule has 1 amide bonds. The molecular weight excluding hydrogens is 244 g/mol. The highest BCUT2D eigenvalue weighted by Gasteiger charge is 2.26. The van der Waals surface area contributed by atoms with E-state index in [1.807, 2.05) is 24.3 Å². The molecular formula is C14H20N2O3. The van der Waals surface area contributed by atoms with E-state index in [9.17, 15) is 9.90 Å². The highest BCUT2D eigenvalue weighted by atomic mass is 16.5. The topological polar surface area (TPSA) is 75.8 Å². The third-order valence-corrected chi connectivity index (χ3v) is 3.34. The van der Waals surface area contributed by atoms with Gasteiger partial charge in [0.15, 0.2) is 0 Å². The van der Waals surface area contributed by atoms with Crippen molar-refractivity contribution in [2.45, 2.75) is 18.9 Å². The van der Waals surface area contributed by atoms with Crippen molar-refractivity contribution in [2.24, 2.45) is 0 Å². The number of ether oxygens (including phenoxy) is 1. The van der Waals surface area contributed by atoms with Crippen LogP contribution in [0.3, 0.4) is 0 Å². The number of nitrogens with zero attached hydrogens (tertiary/aromatic N) is 1. The van der Waals surface area contributed by atoms with Crippen LogP contribution in [0.5, 0.6) is 0 Å². The Morgan fingerprint density at radius 2 is 2.37 bits per heavy atom. The molecule has 3 N–H and O–H groups in total. The number of aryl methyl sites for hydroxylation is 1. The maximum atomic E-state index is 12.2.